The highest BCUT2D eigenvalue weighted by Gasteiger charge is 2.19. The molecule has 7 heteroatoms. The molecule has 3 rings (SSSR count). The molecule has 0 N–H and O–H groups in total. The minimum Gasteiger partial charge on any atom is -0.298 e. The van der Waals surface area contributed by atoms with Gasteiger partial charge in [0.05, 0.1) is 10.7 Å². The van der Waals surface area contributed by atoms with E-state index in [9.17, 15) is 9.18 Å². The molecule has 0 saturated carbocycles. The predicted octanol–water partition coefficient (Wildman–Crippen LogP) is 4.89. The Morgan fingerprint density at radius 3 is 2.54 bits per heavy atom. The Bertz CT molecular complexity index is 1010. The summed E-state index contributed by atoms with van der Waals surface area (Å²) in [7, 11) is 1.77. The third-order valence-corrected chi connectivity index (χ3v) is 4.59. The maximum atomic E-state index is 13.2. The van der Waals surface area contributed by atoms with E-state index in [0.717, 1.165) is 16.8 Å². The van der Waals surface area contributed by atoms with Gasteiger partial charge in [-0.2, -0.15) is 5.10 Å². The van der Waals surface area contributed by atoms with Crippen LogP contribution in [0.15, 0.2) is 42.6 Å². The van der Waals surface area contributed by atoms with Crippen LogP contribution in [0.5, 0.6) is 0 Å². The third kappa shape index (κ3) is 3.41. The van der Waals surface area contributed by atoms with E-state index in [-0.39, 0.29) is 21.6 Å². The van der Waals surface area contributed by atoms with Gasteiger partial charge in [-0.3, -0.25) is 9.48 Å². The smallest absolute Gasteiger partial charge is 0.152 e. The monoisotopic (exact) mass is 389 g/mol. The Morgan fingerprint density at radius 1 is 1.23 bits per heavy atom. The second-order valence-electron chi connectivity index (χ2n) is 5.67. The van der Waals surface area contributed by atoms with Crippen LogP contribution >= 0.6 is 23.2 Å². The van der Waals surface area contributed by atoms with Crippen LogP contribution in [0.1, 0.15) is 16.8 Å². The molecular formula is C19H14Cl2FN3O. The second kappa shape index (κ2) is 7.40. The molecule has 0 bridgehead atoms. The van der Waals surface area contributed by atoms with Gasteiger partial charge in [0.25, 0.3) is 0 Å². The molecule has 2 aromatic heterocycles. The van der Waals surface area contributed by atoms with E-state index >= 15 is 0 Å². The zero-order valence-electron chi connectivity index (χ0n) is 14.0. The lowest BCUT2D eigenvalue weighted by Gasteiger charge is -2.05. The van der Waals surface area contributed by atoms with Crippen LogP contribution in [0.25, 0.3) is 21.9 Å². The van der Waals surface area contributed by atoms with Gasteiger partial charge in [-0.1, -0.05) is 23.2 Å². The zero-order chi connectivity index (χ0) is 18.8. The summed E-state index contributed by atoms with van der Waals surface area (Å²) in [5.74, 6) is -0.315. The van der Waals surface area contributed by atoms with Crippen LogP contribution in [0.3, 0.4) is 0 Å². The molecule has 132 valence electrons. The Labute approximate surface area is 159 Å². The van der Waals surface area contributed by atoms with Crippen molar-refractivity contribution in [2.75, 3.05) is 0 Å². The molecule has 3 aromatic rings. The standard InChI is InChI=1S/C19H14Cl2FN3O/c1-11-18(17(21)15(10-26)13-7-8-23-16(20)9-13)24-25(2)19(11)12-3-5-14(22)6-4-12/h3-10H,1-2H3/b17-15-. The quantitative estimate of drug-likeness (QED) is 0.362. The Hall–Kier alpha value is -2.50. The molecule has 0 atom stereocenters. The number of aldehydes is 1. The number of rotatable bonds is 4. The average Bonchev–Trinajstić information content (AvgIpc) is 2.91. The number of carbonyl (C=O) groups excluding carboxylic acids is 1. The first-order valence-electron chi connectivity index (χ1n) is 7.69. The van der Waals surface area contributed by atoms with Crippen LogP contribution in [-0.4, -0.2) is 21.1 Å². The number of aryl methyl sites for hydroxylation is 1. The van der Waals surface area contributed by atoms with E-state index in [1.54, 1.807) is 36.0 Å². The van der Waals surface area contributed by atoms with E-state index in [2.05, 4.69) is 10.1 Å². The number of hydrogen-bond donors (Lipinski definition) is 0. The molecule has 0 spiro atoms. The molecule has 4 nitrogen and oxygen atoms in total. The molecule has 0 radical (unpaired) electrons. The molecule has 26 heavy (non-hydrogen) atoms. The van der Waals surface area contributed by atoms with Gasteiger partial charge >= 0.3 is 0 Å². The van der Waals surface area contributed by atoms with E-state index in [1.165, 1.54) is 18.3 Å². The second-order valence-corrected chi connectivity index (χ2v) is 6.43. The van der Waals surface area contributed by atoms with Gasteiger partial charge in [0.2, 0.25) is 0 Å². The van der Waals surface area contributed by atoms with Gasteiger partial charge in [-0.15, -0.1) is 0 Å². The van der Waals surface area contributed by atoms with Crippen molar-refractivity contribution >= 4 is 40.1 Å². The van der Waals surface area contributed by atoms with Crippen molar-refractivity contribution in [1.82, 2.24) is 14.8 Å². The average molecular weight is 390 g/mol. The Morgan fingerprint density at radius 2 is 1.92 bits per heavy atom. The minimum absolute atomic E-state index is 0.212. The van der Waals surface area contributed by atoms with Crippen LogP contribution < -0.4 is 0 Å². The van der Waals surface area contributed by atoms with Crippen molar-refractivity contribution in [3.8, 4) is 11.3 Å². The lowest BCUT2D eigenvalue weighted by molar-refractivity contribution is -0.103. The molecule has 0 fully saturated rings. The summed E-state index contributed by atoms with van der Waals surface area (Å²) in [5.41, 5.74) is 3.67. The summed E-state index contributed by atoms with van der Waals surface area (Å²) in [5, 5.41) is 4.92. The Kier molecular flexibility index (Phi) is 5.20. The number of allylic oxidation sites excluding steroid dienone is 1. The van der Waals surface area contributed by atoms with Crippen molar-refractivity contribution in [3.05, 3.63) is 70.4 Å². The van der Waals surface area contributed by atoms with Gasteiger partial charge in [0.15, 0.2) is 6.29 Å². The molecule has 0 aliphatic heterocycles. The summed E-state index contributed by atoms with van der Waals surface area (Å²) in [6.07, 6.45) is 2.17. The number of benzene rings is 1. The number of pyridine rings is 1. The van der Waals surface area contributed by atoms with Gasteiger partial charge in [-0.05, 0) is 48.9 Å². The number of aromatic nitrogens is 3. The van der Waals surface area contributed by atoms with Gasteiger partial charge in [0.1, 0.15) is 16.7 Å². The third-order valence-electron chi connectivity index (χ3n) is 4.00. The largest absolute Gasteiger partial charge is 0.298 e. The number of nitrogens with zero attached hydrogens (tertiary/aromatic N) is 3. The van der Waals surface area contributed by atoms with Crippen molar-refractivity contribution in [2.45, 2.75) is 6.92 Å². The highest BCUT2D eigenvalue weighted by atomic mass is 35.5. The van der Waals surface area contributed by atoms with Crippen molar-refractivity contribution < 1.29 is 9.18 Å². The Balaban J connectivity index is 2.16. The van der Waals surface area contributed by atoms with Crippen molar-refractivity contribution in [3.63, 3.8) is 0 Å². The summed E-state index contributed by atoms with van der Waals surface area (Å²) in [6, 6.07) is 9.32. The molecule has 0 unspecified atom stereocenters. The van der Waals surface area contributed by atoms with Crippen molar-refractivity contribution in [2.24, 2.45) is 7.05 Å². The highest BCUT2D eigenvalue weighted by molar-refractivity contribution is 6.55. The maximum Gasteiger partial charge on any atom is 0.152 e. The van der Waals surface area contributed by atoms with Gasteiger partial charge in [0, 0.05) is 29.9 Å². The van der Waals surface area contributed by atoms with Crippen LogP contribution in [-0.2, 0) is 11.8 Å². The fourth-order valence-corrected chi connectivity index (χ4v) is 3.30. The first-order valence-corrected chi connectivity index (χ1v) is 8.44. The van der Waals surface area contributed by atoms with E-state index in [0.29, 0.717) is 17.5 Å². The summed E-state index contributed by atoms with van der Waals surface area (Å²) in [6.45, 7) is 1.85. The number of hydrogen-bond acceptors (Lipinski definition) is 3. The minimum atomic E-state index is -0.315. The molecule has 0 aliphatic rings. The highest BCUT2D eigenvalue weighted by Crippen LogP contribution is 2.34. The fourth-order valence-electron chi connectivity index (χ4n) is 2.79. The summed E-state index contributed by atoms with van der Waals surface area (Å²) >= 11 is 12.4. The van der Waals surface area contributed by atoms with E-state index in [4.69, 9.17) is 23.2 Å². The fraction of sp³-hybridized carbons (Fsp3) is 0.105. The van der Waals surface area contributed by atoms with Gasteiger partial charge < -0.3 is 0 Å². The SMILES string of the molecule is Cc1c(/C(Cl)=C(\C=O)c2ccnc(Cl)c2)nn(C)c1-c1ccc(F)cc1. The first kappa shape index (κ1) is 18.3. The molecule has 0 saturated heterocycles. The van der Waals surface area contributed by atoms with E-state index in [1.807, 2.05) is 6.92 Å². The zero-order valence-corrected chi connectivity index (χ0v) is 15.5. The van der Waals surface area contributed by atoms with E-state index < -0.39 is 0 Å². The van der Waals surface area contributed by atoms with Crippen LogP contribution in [0.2, 0.25) is 5.15 Å². The summed E-state index contributed by atoms with van der Waals surface area (Å²) < 4.78 is 14.9. The molecule has 1 aromatic carbocycles. The summed E-state index contributed by atoms with van der Waals surface area (Å²) in [4.78, 5) is 15.6. The maximum absolute atomic E-state index is 13.2. The lowest BCUT2D eigenvalue weighted by atomic mass is 10.0. The number of halogens is 3. The molecular weight excluding hydrogens is 376 g/mol. The molecule has 0 aliphatic carbocycles. The van der Waals surface area contributed by atoms with Crippen molar-refractivity contribution in [1.29, 1.82) is 0 Å². The topological polar surface area (TPSA) is 47.8 Å². The predicted molar refractivity (Wildman–Crippen MR) is 101 cm³/mol. The molecule has 0 amide bonds. The van der Waals surface area contributed by atoms with Gasteiger partial charge in [-0.25, -0.2) is 9.37 Å². The van der Waals surface area contributed by atoms with Crippen LogP contribution in [0, 0.1) is 12.7 Å². The number of carbonyl (C=O) groups is 1. The normalized spacial score (nSPS) is 12.0. The lowest BCUT2D eigenvalue weighted by Crippen LogP contribution is -1.95. The van der Waals surface area contributed by atoms with Crippen LogP contribution in [0.4, 0.5) is 4.39 Å². The first-order chi connectivity index (χ1) is 12.4. The molecule has 2 heterocycles.